The molecule has 7 nitrogen and oxygen atoms in total. The fourth-order valence-corrected chi connectivity index (χ4v) is 1.23. The number of carbonyl (C=O) groups excluding carboxylic acids is 1. The van der Waals surface area contributed by atoms with Gasteiger partial charge in [-0.15, -0.1) is 0 Å². The number of nitrogens with zero attached hydrogens (tertiary/aromatic N) is 1. The number of carboxylic acid groups (broad SMARTS) is 1. The number of benzene rings is 1. The molecule has 0 spiro atoms. The molecule has 0 unspecified atom stereocenters. The number of ether oxygens (including phenoxy) is 1. The van der Waals surface area contributed by atoms with Crippen LogP contribution in [0.2, 0.25) is 0 Å². The number of carbonyl (C=O) groups is 1. The Balaban J connectivity index is 3.26. The molecule has 0 aromatic heterocycles. The summed E-state index contributed by atoms with van der Waals surface area (Å²) in [6, 6.07) is 1.97. The van der Waals surface area contributed by atoms with Crippen molar-refractivity contribution in [2.24, 2.45) is 0 Å². The van der Waals surface area contributed by atoms with Crippen LogP contribution in [0.1, 0.15) is 23.7 Å². The van der Waals surface area contributed by atoms with Crippen molar-refractivity contribution in [3.8, 4) is 5.75 Å². The van der Waals surface area contributed by atoms with Crippen LogP contribution in [0.4, 0.5) is 11.4 Å². The van der Waals surface area contributed by atoms with E-state index in [9.17, 15) is 20.0 Å². The van der Waals surface area contributed by atoms with Crippen LogP contribution in [0.3, 0.4) is 0 Å². The smallest absolute Gasteiger partial charge is 0.295 e. The van der Waals surface area contributed by atoms with Gasteiger partial charge in [0.1, 0.15) is 11.4 Å². The first-order valence-electron chi connectivity index (χ1n) is 4.89. The van der Waals surface area contributed by atoms with E-state index in [2.05, 4.69) is 0 Å². The summed E-state index contributed by atoms with van der Waals surface area (Å²) in [6.07, 6.45) is 0.644. The highest BCUT2D eigenvalue weighted by Crippen LogP contribution is 2.30. The third-order valence-corrected chi connectivity index (χ3v) is 2.01. The fourth-order valence-electron chi connectivity index (χ4n) is 1.23. The first-order chi connectivity index (χ1) is 7.97. The summed E-state index contributed by atoms with van der Waals surface area (Å²) in [4.78, 5) is 20.7. The number of carboxylic acids is 1. The van der Waals surface area contributed by atoms with Crippen LogP contribution in [0, 0.1) is 10.1 Å². The van der Waals surface area contributed by atoms with E-state index < -0.39 is 10.9 Å². The molecule has 0 fully saturated rings. The maximum Gasteiger partial charge on any atom is 0.295 e. The average molecular weight is 239 g/mol. The highest BCUT2D eigenvalue weighted by molar-refractivity contribution is 5.91. The maximum absolute atomic E-state index is 10.8. The van der Waals surface area contributed by atoms with Crippen LogP contribution >= 0.6 is 0 Å². The third-order valence-electron chi connectivity index (χ3n) is 2.01. The number of nitrogen functional groups attached to an aromatic ring is 1. The summed E-state index contributed by atoms with van der Waals surface area (Å²) in [5.74, 6) is -1.59. The zero-order valence-corrected chi connectivity index (χ0v) is 9.13. The SMILES string of the molecule is CCCOc1cc([N+](=O)[O-])c(N)cc1C(=O)[O-]. The minimum absolute atomic E-state index is 0.104. The van der Waals surface area contributed by atoms with Gasteiger partial charge in [0.2, 0.25) is 0 Å². The molecule has 1 aromatic rings. The highest BCUT2D eigenvalue weighted by atomic mass is 16.6. The van der Waals surface area contributed by atoms with Crippen LogP contribution < -0.4 is 15.6 Å². The second-order valence-electron chi connectivity index (χ2n) is 3.30. The van der Waals surface area contributed by atoms with Crippen LogP contribution in [-0.2, 0) is 0 Å². The molecular weight excluding hydrogens is 228 g/mol. The molecule has 1 rings (SSSR count). The molecule has 0 aliphatic rings. The number of aromatic carboxylic acids is 1. The van der Waals surface area contributed by atoms with Crippen molar-refractivity contribution in [3.63, 3.8) is 0 Å². The Morgan fingerprint density at radius 3 is 2.65 bits per heavy atom. The van der Waals surface area contributed by atoms with Crippen molar-refractivity contribution >= 4 is 17.3 Å². The second kappa shape index (κ2) is 5.15. The number of nitro groups is 1. The van der Waals surface area contributed by atoms with E-state index >= 15 is 0 Å². The van der Waals surface area contributed by atoms with Gasteiger partial charge >= 0.3 is 0 Å². The Kier molecular flexibility index (Phi) is 3.86. The molecule has 7 heteroatoms. The van der Waals surface area contributed by atoms with Crippen LogP contribution in [0.5, 0.6) is 5.75 Å². The first-order valence-corrected chi connectivity index (χ1v) is 4.89. The van der Waals surface area contributed by atoms with E-state index in [4.69, 9.17) is 10.5 Å². The Labute approximate surface area is 97.0 Å². The number of hydrogen-bond acceptors (Lipinski definition) is 6. The Bertz CT molecular complexity index is 458. The molecule has 2 N–H and O–H groups in total. The fraction of sp³-hybridized carbons (Fsp3) is 0.300. The van der Waals surface area contributed by atoms with Crippen molar-refractivity contribution < 1.29 is 19.6 Å². The minimum atomic E-state index is -1.49. The lowest BCUT2D eigenvalue weighted by atomic mass is 10.1. The summed E-state index contributed by atoms with van der Waals surface area (Å²) in [5, 5.41) is 21.4. The van der Waals surface area contributed by atoms with Gasteiger partial charge in [0.25, 0.3) is 5.69 Å². The molecule has 0 saturated carbocycles. The van der Waals surface area contributed by atoms with Crippen LogP contribution in [-0.4, -0.2) is 17.5 Å². The third kappa shape index (κ3) is 2.83. The summed E-state index contributed by atoms with van der Waals surface area (Å²) < 4.78 is 5.11. The Hall–Kier alpha value is -2.31. The average Bonchev–Trinajstić information content (AvgIpc) is 2.26. The van der Waals surface area contributed by atoms with E-state index in [0.29, 0.717) is 6.42 Å². The standard InChI is InChI=1S/C10H12N2O5/c1-2-3-17-9-5-8(12(15)16)7(11)4-6(9)10(13)14/h4-5H,2-3,11H2,1H3,(H,13,14)/p-1. The lowest BCUT2D eigenvalue weighted by molar-refractivity contribution is -0.384. The Morgan fingerprint density at radius 2 is 2.18 bits per heavy atom. The van der Waals surface area contributed by atoms with E-state index in [1.807, 2.05) is 6.92 Å². The van der Waals surface area contributed by atoms with Gasteiger partial charge in [-0.3, -0.25) is 10.1 Å². The Morgan fingerprint density at radius 1 is 1.53 bits per heavy atom. The van der Waals surface area contributed by atoms with Crippen LogP contribution in [0.15, 0.2) is 12.1 Å². The van der Waals surface area contributed by atoms with E-state index in [1.54, 1.807) is 0 Å². The van der Waals surface area contributed by atoms with Crippen molar-refractivity contribution in [2.75, 3.05) is 12.3 Å². The highest BCUT2D eigenvalue weighted by Gasteiger charge is 2.17. The summed E-state index contributed by atoms with van der Waals surface area (Å²) in [5.41, 5.74) is 4.45. The summed E-state index contributed by atoms with van der Waals surface area (Å²) in [7, 11) is 0. The van der Waals surface area contributed by atoms with Gasteiger partial charge < -0.3 is 20.4 Å². The van der Waals surface area contributed by atoms with E-state index in [1.165, 1.54) is 0 Å². The molecule has 0 aliphatic carbocycles. The summed E-state index contributed by atoms with van der Waals surface area (Å²) >= 11 is 0. The van der Waals surface area contributed by atoms with Crippen molar-refractivity contribution in [3.05, 3.63) is 27.8 Å². The predicted octanol–water partition coefficient (Wildman–Crippen LogP) is 0.329. The molecular formula is C10H11N2O5-. The molecule has 0 atom stereocenters. The van der Waals surface area contributed by atoms with Gasteiger partial charge in [-0.1, -0.05) is 6.92 Å². The molecule has 0 heterocycles. The molecule has 0 bridgehead atoms. The molecule has 1 aromatic carbocycles. The van der Waals surface area contributed by atoms with Gasteiger partial charge in [-0.2, -0.15) is 0 Å². The normalized spacial score (nSPS) is 9.94. The number of hydrogen-bond donors (Lipinski definition) is 1. The topological polar surface area (TPSA) is 119 Å². The molecule has 0 saturated heterocycles. The quantitative estimate of drug-likeness (QED) is 0.449. The maximum atomic E-state index is 10.8. The van der Waals surface area contributed by atoms with Gasteiger partial charge in [0, 0.05) is 5.56 Å². The monoisotopic (exact) mass is 239 g/mol. The molecule has 0 aliphatic heterocycles. The van der Waals surface area contributed by atoms with E-state index in [-0.39, 0.29) is 29.3 Å². The number of rotatable bonds is 5. The van der Waals surface area contributed by atoms with Crippen molar-refractivity contribution in [1.82, 2.24) is 0 Å². The number of nitro benzene ring substituents is 1. The summed E-state index contributed by atoms with van der Waals surface area (Å²) in [6.45, 7) is 2.08. The molecule has 0 radical (unpaired) electrons. The van der Waals surface area contributed by atoms with Gasteiger partial charge in [0.05, 0.1) is 23.6 Å². The first kappa shape index (κ1) is 12.8. The lowest BCUT2D eigenvalue weighted by Crippen LogP contribution is -2.23. The predicted molar refractivity (Wildman–Crippen MR) is 57.6 cm³/mol. The zero-order chi connectivity index (χ0) is 13.0. The van der Waals surface area contributed by atoms with Gasteiger partial charge in [0.15, 0.2) is 0 Å². The number of nitrogens with two attached hydrogens (primary N) is 1. The molecule has 92 valence electrons. The lowest BCUT2D eigenvalue weighted by Gasteiger charge is -2.12. The second-order valence-corrected chi connectivity index (χ2v) is 3.30. The zero-order valence-electron chi connectivity index (χ0n) is 9.13. The molecule has 17 heavy (non-hydrogen) atoms. The van der Waals surface area contributed by atoms with Gasteiger partial charge in [-0.25, -0.2) is 0 Å². The van der Waals surface area contributed by atoms with Gasteiger partial charge in [-0.05, 0) is 12.5 Å². The minimum Gasteiger partial charge on any atom is -0.545 e. The van der Waals surface area contributed by atoms with Crippen LogP contribution in [0.25, 0.3) is 0 Å². The van der Waals surface area contributed by atoms with Crippen molar-refractivity contribution in [1.29, 1.82) is 0 Å². The molecule has 0 amide bonds. The van der Waals surface area contributed by atoms with Crippen molar-refractivity contribution in [2.45, 2.75) is 13.3 Å². The largest absolute Gasteiger partial charge is 0.545 e. The van der Waals surface area contributed by atoms with E-state index in [0.717, 1.165) is 12.1 Å². The number of anilines is 1.